The zero-order valence-electron chi connectivity index (χ0n) is 10.4. The van der Waals surface area contributed by atoms with Gasteiger partial charge in [-0.3, -0.25) is 9.59 Å². The highest BCUT2D eigenvalue weighted by Gasteiger charge is 2.45. The van der Waals surface area contributed by atoms with Gasteiger partial charge in [-0.25, -0.2) is 0 Å². The normalized spacial score (nSPS) is 27.6. The predicted octanol–water partition coefficient (Wildman–Crippen LogP) is 0.519. The second-order valence-electron chi connectivity index (χ2n) is 4.92. The Labute approximate surface area is 105 Å². The van der Waals surface area contributed by atoms with Gasteiger partial charge in [-0.2, -0.15) is 0 Å². The maximum absolute atomic E-state index is 12.1. The number of nitrogens with zero attached hydrogens (tertiary/aromatic N) is 1. The maximum Gasteiger partial charge on any atom is 0.248 e. The van der Waals surface area contributed by atoms with Crippen LogP contribution in [0.1, 0.15) is 24.2 Å². The van der Waals surface area contributed by atoms with Crippen molar-refractivity contribution in [1.82, 2.24) is 0 Å². The van der Waals surface area contributed by atoms with E-state index in [4.69, 9.17) is 5.73 Å². The van der Waals surface area contributed by atoms with Crippen molar-refractivity contribution in [3.8, 4) is 0 Å². The number of aliphatic hydroxyl groups is 1. The Hall–Kier alpha value is -1.88. The zero-order chi connectivity index (χ0) is 13.5. The molecule has 2 rings (SSSR count). The predicted molar refractivity (Wildman–Crippen MR) is 67.1 cm³/mol. The molecule has 0 aromatic heterocycles. The number of carbonyl (C=O) groups is 2. The number of amides is 2. The molecule has 1 aromatic carbocycles. The van der Waals surface area contributed by atoms with Crippen LogP contribution in [0.15, 0.2) is 24.3 Å². The summed E-state index contributed by atoms with van der Waals surface area (Å²) in [4.78, 5) is 24.6. The van der Waals surface area contributed by atoms with E-state index in [1.54, 1.807) is 38.1 Å². The number of nitrogens with two attached hydrogens (primary N) is 1. The lowest BCUT2D eigenvalue weighted by molar-refractivity contribution is -0.123. The number of hydrogen-bond acceptors (Lipinski definition) is 3. The highest BCUT2D eigenvalue weighted by atomic mass is 16.3. The monoisotopic (exact) mass is 248 g/mol. The van der Waals surface area contributed by atoms with E-state index in [0.717, 1.165) is 0 Å². The maximum atomic E-state index is 12.1. The average molecular weight is 248 g/mol. The van der Waals surface area contributed by atoms with Gasteiger partial charge in [0.2, 0.25) is 11.8 Å². The minimum Gasteiger partial charge on any atom is -0.387 e. The van der Waals surface area contributed by atoms with Crippen LogP contribution >= 0.6 is 0 Å². The van der Waals surface area contributed by atoms with Gasteiger partial charge < -0.3 is 15.7 Å². The van der Waals surface area contributed by atoms with Crippen LogP contribution in [-0.2, 0) is 4.79 Å². The van der Waals surface area contributed by atoms with E-state index in [2.05, 4.69) is 0 Å². The quantitative estimate of drug-likeness (QED) is 0.800. The molecule has 3 N–H and O–H groups in total. The first kappa shape index (κ1) is 12.6. The van der Waals surface area contributed by atoms with Crippen LogP contribution in [-0.4, -0.2) is 29.1 Å². The molecule has 1 aliphatic heterocycles. The van der Waals surface area contributed by atoms with E-state index >= 15 is 0 Å². The molecule has 5 heteroatoms. The summed E-state index contributed by atoms with van der Waals surface area (Å²) in [7, 11) is 0. The van der Waals surface area contributed by atoms with Crippen molar-refractivity contribution < 1.29 is 14.7 Å². The third-order valence-electron chi connectivity index (χ3n) is 3.49. The number of anilines is 1. The van der Waals surface area contributed by atoms with Crippen LogP contribution in [0.3, 0.4) is 0 Å². The molecule has 1 heterocycles. The summed E-state index contributed by atoms with van der Waals surface area (Å²) in [5.41, 5.74) is 5.08. The molecule has 0 bridgehead atoms. The third-order valence-corrected chi connectivity index (χ3v) is 3.49. The van der Waals surface area contributed by atoms with Gasteiger partial charge in [0.25, 0.3) is 0 Å². The smallest absolute Gasteiger partial charge is 0.248 e. The summed E-state index contributed by atoms with van der Waals surface area (Å²) in [6, 6.07) is 6.54. The molecule has 0 unspecified atom stereocenters. The molecule has 0 saturated carbocycles. The lowest BCUT2D eigenvalue weighted by atomic mass is 9.95. The Morgan fingerprint density at radius 2 is 2.22 bits per heavy atom. The lowest BCUT2D eigenvalue weighted by Gasteiger charge is -2.20. The second-order valence-corrected chi connectivity index (χ2v) is 4.92. The zero-order valence-corrected chi connectivity index (χ0v) is 10.4. The van der Waals surface area contributed by atoms with E-state index in [0.29, 0.717) is 11.3 Å². The minimum atomic E-state index is -1.06. The van der Waals surface area contributed by atoms with Gasteiger partial charge in [-0.05, 0) is 25.1 Å². The van der Waals surface area contributed by atoms with Crippen LogP contribution in [0.4, 0.5) is 5.69 Å². The minimum absolute atomic E-state index is 0.151. The number of β-amino-alcohol motifs (C(OH)–C–C–N with tert-alkyl or cyclic N) is 1. The molecule has 2 atom stereocenters. The van der Waals surface area contributed by atoms with Gasteiger partial charge in [-0.15, -0.1) is 0 Å². The fraction of sp³-hybridized carbons (Fsp3) is 0.385. The van der Waals surface area contributed by atoms with Gasteiger partial charge in [0.1, 0.15) is 0 Å². The van der Waals surface area contributed by atoms with Gasteiger partial charge in [-0.1, -0.05) is 13.0 Å². The summed E-state index contributed by atoms with van der Waals surface area (Å²) in [6.45, 7) is 3.54. The molecule has 1 fully saturated rings. The van der Waals surface area contributed by atoms with E-state index in [1.807, 2.05) is 0 Å². The van der Waals surface area contributed by atoms with Crippen LogP contribution in [0.2, 0.25) is 0 Å². The first-order valence-corrected chi connectivity index (χ1v) is 5.76. The van der Waals surface area contributed by atoms with Crippen molar-refractivity contribution in [2.45, 2.75) is 19.4 Å². The standard InChI is InChI=1S/C13H16N2O3/c1-8-12(17)15(7-13(8,2)18)10-5-3-4-9(6-10)11(14)16/h3-6,8,18H,7H2,1-2H3,(H2,14,16)/t8-,13+/m0/s1. The molecule has 18 heavy (non-hydrogen) atoms. The summed E-state index contributed by atoms with van der Waals surface area (Å²) < 4.78 is 0. The molecule has 1 saturated heterocycles. The van der Waals surface area contributed by atoms with Crippen molar-refractivity contribution >= 4 is 17.5 Å². The molecule has 96 valence electrons. The summed E-state index contributed by atoms with van der Waals surface area (Å²) >= 11 is 0. The Bertz CT molecular complexity index is 511. The van der Waals surface area contributed by atoms with Gasteiger partial charge in [0.15, 0.2) is 0 Å². The third kappa shape index (κ3) is 1.97. The van der Waals surface area contributed by atoms with Gasteiger partial charge in [0.05, 0.1) is 18.1 Å². The fourth-order valence-electron chi connectivity index (χ4n) is 2.08. The van der Waals surface area contributed by atoms with E-state index < -0.39 is 17.4 Å². The fourth-order valence-corrected chi connectivity index (χ4v) is 2.08. The number of hydrogen-bond donors (Lipinski definition) is 2. The van der Waals surface area contributed by atoms with E-state index in [9.17, 15) is 14.7 Å². The number of benzene rings is 1. The Morgan fingerprint density at radius 1 is 1.56 bits per heavy atom. The highest BCUT2D eigenvalue weighted by Crippen LogP contribution is 2.32. The lowest BCUT2D eigenvalue weighted by Crippen LogP contribution is -2.33. The molecule has 0 aliphatic carbocycles. The summed E-state index contributed by atoms with van der Waals surface area (Å²) in [5.74, 6) is -1.15. The van der Waals surface area contributed by atoms with Crippen molar-refractivity contribution in [2.75, 3.05) is 11.4 Å². The van der Waals surface area contributed by atoms with Crippen molar-refractivity contribution in [1.29, 1.82) is 0 Å². The molecular formula is C13H16N2O3. The largest absolute Gasteiger partial charge is 0.387 e. The van der Waals surface area contributed by atoms with Crippen LogP contribution < -0.4 is 10.6 Å². The van der Waals surface area contributed by atoms with Crippen molar-refractivity contribution in [2.24, 2.45) is 11.7 Å². The van der Waals surface area contributed by atoms with Crippen molar-refractivity contribution in [3.63, 3.8) is 0 Å². The first-order valence-electron chi connectivity index (χ1n) is 5.76. The molecule has 5 nitrogen and oxygen atoms in total. The Balaban J connectivity index is 2.36. The SMILES string of the molecule is C[C@H]1C(=O)N(c2cccc(C(N)=O)c2)C[C@@]1(C)O. The molecule has 2 amide bonds. The van der Waals surface area contributed by atoms with Gasteiger partial charge >= 0.3 is 0 Å². The van der Waals surface area contributed by atoms with Crippen LogP contribution in [0.25, 0.3) is 0 Å². The highest BCUT2D eigenvalue weighted by molar-refractivity contribution is 6.00. The average Bonchev–Trinajstić information content (AvgIpc) is 2.53. The summed E-state index contributed by atoms with van der Waals surface area (Å²) in [5, 5.41) is 10.1. The topological polar surface area (TPSA) is 83.6 Å². The van der Waals surface area contributed by atoms with Crippen LogP contribution in [0, 0.1) is 5.92 Å². The molecule has 1 aliphatic rings. The Kier molecular flexibility index (Phi) is 2.86. The van der Waals surface area contributed by atoms with Gasteiger partial charge in [0, 0.05) is 11.3 Å². The Morgan fingerprint density at radius 3 is 2.72 bits per heavy atom. The molecule has 1 aromatic rings. The number of primary amides is 1. The molecule has 0 spiro atoms. The number of carbonyl (C=O) groups excluding carboxylic acids is 2. The number of rotatable bonds is 2. The molecule has 0 radical (unpaired) electrons. The molecular weight excluding hydrogens is 232 g/mol. The van der Waals surface area contributed by atoms with E-state index in [1.165, 1.54) is 4.90 Å². The van der Waals surface area contributed by atoms with Crippen LogP contribution in [0.5, 0.6) is 0 Å². The van der Waals surface area contributed by atoms with E-state index in [-0.39, 0.29) is 12.5 Å². The summed E-state index contributed by atoms with van der Waals surface area (Å²) in [6.07, 6.45) is 0. The van der Waals surface area contributed by atoms with Crippen molar-refractivity contribution in [3.05, 3.63) is 29.8 Å². The second kappa shape index (κ2) is 4.10. The first-order chi connectivity index (χ1) is 8.33.